The summed E-state index contributed by atoms with van der Waals surface area (Å²) < 4.78 is 11.5. The molecule has 1 aliphatic carbocycles. The Morgan fingerprint density at radius 2 is 1.64 bits per heavy atom. The van der Waals surface area contributed by atoms with E-state index in [9.17, 15) is 5.11 Å². The number of para-hydroxylation sites is 1. The molecule has 0 atom stereocenters. The van der Waals surface area contributed by atoms with Crippen LogP contribution in [0.4, 0.5) is 0 Å². The highest BCUT2D eigenvalue weighted by Crippen LogP contribution is 2.56. The molecule has 2 aromatic carbocycles. The van der Waals surface area contributed by atoms with Gasteiger partial charge in [-0.25, -0.2) is 0 Å². The fourth-order valence-electron chi connectivity index (χ4n) is 4.44. The van der Waals surface area contributed by atoms with Gasteiger partial charge in [-0.05, 0) is 66.7 Å². The molecular weight excluding hydrogens is 408 g/mol. The van der Waals surface area contributed by atoms with Crippen molar-refractivity contribution in [2.24, 2.45) is 11.8 Å². The van der Waals surface area contributed by atoms with Crippen LogP contribution < -0.4 is 9.47 Å². The number of benzene rings is 2. The molecule has 0 saturated heterocycles. The molecule has 1 fully saturated rings. The lowest BCUT2D eigenvalue weighted by atomic mass is 9.93. The maximum Gasteiger partial charge on any atom is 0.126 e. The van der Waals surface area contributed by atoms with E-state index in [0.29, 0.717) is 23.0 Å². The van der Waals surface area contributed by atoms with Gasteiger partial charge in [0.25, 0.3) is 0 Å². The minimum absolute atomic E-state index is 0.373. The van der Waals surface area contributed by atoms with Crippen molar-refractivity contribution in [3.8, 4) is 17.2 Å². The Hall–Kier alpha value is -2.16. The molecule has 2 aromatic rings. The largest absolute Gasteiger partial charge is 0.508 e. The molecule has 5 rings (SSSR count). The number of hydrogen-bond acceptors (Lipinski definition) is 3. The van der Waals surface area contributed by atoms with Crippen LogP contribution >= 0.6 is 0 Å². The zero-order chi connectivity index (χ0) is 24.2. The smallest absolute Gasteiger partial charge is 0.126 e. The van der Waals surface area contributed by atoms with E-state index in [2.05, 4.69) is 66.7 Å². The first-order chi connectivity index (χ1) is 15.6. The molecule has 3 aliphatic rings. The van der Waals surface area contributed by atoms with Crippen molar-refractivity contribution in [3.63, 3.8) is 0 Å². The van der Waals surface area contributed by atoms with E-state index < -0.39 is 0 Å². The standard InChI is InChI=1S/C13H18O2.C13H16O.C4H10/c1-9(2)3-4-10-7-12(14)8-11-5-6-15-13(10)11;1-9(2)10-4-3-5-11-12(10)14-8-13(11)6-7-13;1-4(2)3/h7-9,14H,3-6H2,1-2H3;3-5,9H,6-8H2,1-2H3;4H,1-3H3. The molecule has 182 valence electrons. The predicted molar refractivity (Wildman–Crippen MR) is 138 cm³/mol. The molecule has 0 aromatic heterocycles. The van der Waals surface area contributed by atoms with Crippen LogP contribution in [0.15, 0.2) is 30.3 Å². The van der Waals surface area contributed by atoms with Gasteiger partial charge in [0, 0.05) is 23.0 Å². The van der Waals surface area contributed by atoms with Gasteiger partial charge in [0.1, 0.15) is 17.2 Å². The Morgan fingerprint density at radius 1 is 0.939 bits per heavy atom. The van der Waals surface area contributed by atoms with Crippen LogP contribution in [0.1, 0.15) is 95.9 Å². The molecule has 1 saturated carbocycles. The van der Waals surface area contributed by atoms with Gasteiger partial charge in [0.15, 0.2) is 0 Å². The van der Waals surface area contributed by atoms with Crippen LogP contribution in [0.3, 0.4) is 0 Å². The highest BCUT2D eigenvalue weighted by molar-refractivity contribution is 5.53. The predicted octanol–water partition coefficient (Wildman–Crippen LogP) is 7.81. The lowest BCUT2D eigenvalue weighted by molar-refractivity contribution is 0.320. The molecule has 0 radical (unpaired) electrons. The zero-order valence-electron chi connectivity index (χ0n) is 21.8. The third-order valence-electron chi connectivity index (χ3n) is 6.42. The van der Waals surface area contributed by atoms with Crippen LogP contribution in [0, 0.1) is 11.8 Å². The van der Waals surface area contributed by atoms with Crippen LogP contribution in [0.2, 0.25) is 0 Å². The number of fused-ring (bicyclic) bond motifs is 3. The molecule has 3 nitrogen and oxygen atoms in total. The van der Waals surface area contributed by atoms with E-state index in [1.54, 1.807) is 0 Å². The van der Waals surface area contributed by atoms with E-state index in [1.807, 2.05) is 12.1 Å². The van der Waals surface area contributed by atoms with Crippen molar-refractivity contribution in [1.29, 1.82) is 0 Å². The Morgan fingerprint density at radius 3 is 2.24 bits per heavy atom. The highest BCUT2D eigenvalue weighted by atomic mass is 16.5. The van der Waals surface area contributed by atoms with Crippen LogP contribution in [0.5, 0.6) is 17.2 Å². The van der Waals surface area contributed by atoms with Gasteiger partial charge in [0.05, 0.1) is 13.2 Å². The average Bonchev–Trinajstić information content (AvgIpc) is 3.21. The summed E-state index contributed by atoms with van der Waals surface area (Å²) in [6.45, 7) is 17.1. The summed E-state index contributed by atoms with van der Waals surface area (Å²) >= 11 is 0. The van der Waals surface area contributed by atoms with Crippen molar-refractivity contribution < 1.29 is 14.6 Å². The summed E-state index contributed by atoms with van der Waals surface area (Å²) in [5.41, 5.74) is 5.61. The fraction of sp³-hybridized carbons (Fsp3) is 0.600. The molecular formula is C30H44O3. The van der Waals surface area contributed by atoms with Gasteiger partial charge >= 0.3 is 0 Å². The minimum atomic E-state index is 0.373. The second-order valence-corrected chi connectivity index (χ2v) is 11.3. The minimum Gasteiger partial charge on any atom is -0.508 e. The van der Waals surface area contributed by atoms with Gasteiger partial charge in [-0.15, -0.1) is 0 Å². The first-order valence-corrected chi connectivity index (χ1v) is 12.9. The molecule has 3 heteroatoms. The molecule has 2 aliphatic heterocycles. The zero-order valence-corrected chi connectivity index (χ0v) is 21.8. The van der Waals surface area contributed by atoms with Gasteiger partial charge in [-0.2, -0.15) is 0 Å². The number of aryl methyl sites for hydroxylation is 1. The van der Waals surface area contributed by atoms with Gasteiger partial charge < -0.3 is 14.6 Å². The summed E-state index contributed by atoms with van der Waals surface area (Å²) in [5.74, 6) is 4.68. The first-order valence-electron chi connectivity index (χ1n) is 12.9. The quantitative estimate of drug-likeness (QED) is 0.514. The Bertz CT molecular complexity index is 920. The summed E-state index contributed by atoms with van der Waals surface area (Å²) in [6, 6.07) is 10.3. The number of ether oxygens (including phenoxy) is 2. The van der Waals surface area contributed by atoms with E-state index in [-0.39, 0.29) is 0 Å². The molecule has 1 N–H and O–H groups in total. The summed E-state index contributed by atoms with van der Waals surface area (Å²) in [4.78, 5) is 0. The van der Waals surface area contributed by atoms with Crippen molar-refractivity contribution in [3.05, 3.63) is 52.6 Å². The second-order valence-electron chi connectivity index (χ2n) is 11.3. The van der Waals surface area contributed by atoms with Crippen molar-refractivity contribution in [2.45, 2.75) is 91.9 Å². The highest BCUT2D eigenvalue weighted by Gasteiger charge is 2.51. The molecule has 2 heterocycles. The van der Waals surface area contributed by atoms with Crippen LogP contribution in [0.25, 0.3) is 0 Å². The number of aromatic hydroxyl groups is 1. The van der Waals surface area contributed by atoms with E-state index in [4.69, 9.17) is 9.47 Å². The first kappa shape index (κ1) is 25.5. The van der Waals surface area contributed by atoms with Crippen molar-refractivity contribution in [2.75, 3.05) is 13.2 Å². The van der Waals surface area contributed by atoms with Crippen LogP contribution in [-0.4, -0.2) is 18.3 Å². The molecule has 33 heavy (non-hydrogen) atoms. The molecule has 0 amide bonds. The maximum atomic E-state index is 9.59. The Balaban J connectivity index is 0.000000161. The van der Waals surface area contributed by atoms with Crippen LogP contribution in [-0.2, 0) is 18.3 Å². The third-order valence-corrected chi connectivity index (χ3v) is 6.42. The number of hydrogen-bond donors (Lipinski definition) is 1. The second kappa shape index (κ2) is 10.8. The van der Waals surface area contributed by atoms with Crippen molar-refractivity contribution in [1.82, 2.24) is 0 Å². The van der Waals surface area contributed by atoms with Gasteiger partial charge in [-0.3, -0.25) is 0 Å². The lowest BCUT2D eigenvalue weighted by Gasteiger charge is -2.10. The number of phenols is 1. The maximum absolute atomic E-state index is 9.59. The Labute approximate surface area is 201 Å². The molecule has 0 unspecified atom stereocenters. The normalized spacial score (nSPS) is 16.4. The van der Waals surface area contributed by atoms with Crippen molar-refractivity contribution >= 4 is 0 Å². The SMILES string of the molecule is CC(C)C.CC(C)CCc1cc(O)cc2c1OCC2.CC(C)c1cccc2c1OCC21CC1. The van der Waals surface area contributed by atoms with Gasteiger partial charge in [0.2, 0.25) is 0 Å². The average molecular weight is 453 g/mol. The summed E-state index contributed by atoms with van der Waals surface area (Å²) in [6.07, 6.45) is 5.70. The topological polar surface area (TPSA) is 38.7 Å². The Kier molecular flexibility index (Phi) is 8.37. The van der Waals surface area contributed by atoms with E-state index in [0.717, 1.165) is 55.3 Å². The number of phenolic OH excluding ortho intramolecular Hbond substituents is 1. The number of rotatable bonds is 4. The summed E-state index contributed by atoms with van der Waals surface area (Å²) in [5, 5.41) is 9.59. The monoisotopic (exact) mass is 452 g/mol. The van der Waals surface area contributed by atoms with Gasteiger partial charge in [-0.1, -0.05) is 66.7 Å². The van der Waals surface area contributed by atoms with E-state index in [1.165, 1.54) is 29.7 Å². The molecule has 1 spiro atoms. The lowest BCUT2D eigenvalue weighted by Crippen LogP contribution is -2.06. The third kappa shape index (κ3) is 6.46. The summed E-state index contributed by atoms with van der Waals surface area (Å²) in [7, 11) is 0. The van der Waals surface area contributed by atoms with E-state index >= 15 is 0 Å². The molecule has 0 bridgehead atoms. The fourth-order valence-corrected chi connectivity index (χ4v) is 4.44.